The zero-order chi connectivity index (χ0) is 18.2. The van der Waals surface area contributed by atoms with E-state index < -0.39 is 5.97 Å². The van der Waals surface area contributed by atoms with Crippen molar-refractivity contribution in [2.24, 2.45) is 0 Å². The van der Waals surface area contributed by atoms with E-state index in [1.54, 1.807) is 37.5 Å². The number of rotatable bonds is 8. The van der Waals surface area contributed by atoms with Crippen LogP contribution < -0.4 is 10.1 Å². The van der Waals surface area contributed by atoms with Crippen LogP contribution in [0.1, 0.15) is 29.3 Å². The Bertz CT molecular complexity index is 749. The highest BCUT2D eigenvalue weighted by Gasteiger charge is 2.22. The Hall–Kier alpha value is -3.09. The summed E-state index contributed by atoms with van der Waals surface area (Å²) >= 11 is 0. The topological polar surface area (TPSA) is 90.7 Å². The fourth-order valence-electron chi connectivity index (χ4n) is 2.11. The van der Waals surface area contributed by atoms with Crippen LogP contribution in [0.2, 0.25) is 0 Å². The summed E-state index contributed by atoms with van der Waals surface area (Å²) in [5.41, 5.74) is 1.03. The molecule has 25 heavy (non-hydrogen) atoms. The van der Waals surface area contributed by atoms with E-state index in [9.17, 15) is 9.59 Å². The van der Waals surface area contributed by atoms with Gasteiger partial charge in [-0.1, -0.05) is 6.08 Å². The van der Waals surface area contributed by atoms with E-state index in [1.807, 2.05) is 0 Å². The zero-order valence-corrected chi connectivity index (χ0v) is 14.2. The number of carbonyl (C=O) groups excluding carboxylic acids is 2. The number of esters is 1. The van der Waals surface area contributed by atoms with Gasteiger partial charge in [0.2, 0.25) is 17.6 Å². The summed E-state index contributed by atoms with van der Waals surface area (Å²) in [6.45, 7) is 3.65. The Morgan fingerprint density at radius 3 is 2.60 bits per heavy atom. The number of aromatic nitrogens is 1. The summed E-state index contributed by atoms with van der Waals surface area (Å²) in [5, 5.41) is 2.69. The average Bonchev–Trinajstić information content (AvgIpc) is 3.08. The van der Waals surface area contributed by atoms with E-state index >= 15 is 0 Å². The molecular formula is C18H20N2O5. The van der Waals surface area contributed by atoms with Gasteiger partial charge in [-0.2, -0.15) is 0 Å². The predicted octanol–water partition coefficient (Wildman–Crippen LogP) is 2.72. The molecule has 2 aromatic rings. The lowest BCUT2D eigenvalue weighted by molar-refractivity contribution is -0.121. The average molecular weight is 344 g/mol. The standard InChI is InChI=1S/C18H20N2O5/c1-4-5-6-14(21)19-11-15-20-16(17(25-15)18(22)24-3)12-7-9-13(23-2)10-8-12/h4,7-10H,1,5-6,11H2,2-3H3,(H,19,21). The number of methoxy groups -OCH3 is 2. The number of nitrogens with one attached hydrogen (secondary N) is 1. The molecule has 0 bridgehead atoms. The van der Waals surface area contributed by atoms with E-state index in [0.717, 1.165) is 0 Å². The van der Waals surface area contributed by atoms with E-state index in [1.165, 1.54) is 7.11 Å². The van der Waals surface area contributed by atoms with E-state index in [4.69, 9.17) is 13.9 Å². The molecule has 1 heterocycles. The summed E-state index contributed by atoms with van der Waals surface area (Å²) in [6.07, 6.45) is 2.59. The van der Waals surface area contributed by atoms with Crippen molar-refractivity contribution in [2.45, 2.75) is 19.4 Å². The second-order valence-electron chi connectivity index (χ2n) is 5.11. The van der Waals surface area contributed by atoms with Crippen LogP contribution >= 0.6 is 0 Å². The third kappa shape index (κ3) is 4.69. The third-order valence-corrected chi connectivity index (χ3v) is 3.42. The summed E-state index contributed by atoms with van der Waals surface area (Å²) in [5.74, 6) is 0.106. The monoisotopic (exact) mass is 344 g/mol. The molecule has 0 saturated carbocycles. The van der Waals surface area contributed by atoms with Gasteiger partial charge in [-0.25, -0.2) is 9.78 Å². The SMILES string of the molecule is C=CCCC(=O)NCc1nc(-c2ccc(OC)cc2)c(C(=O)OC)o1. The second kappa shape index (κ2) is 8.68. The molecule has 7 heteroatoms. The molecule has 7 nitrogen and oxygen atoms in total. The van der Waals surface area contributed by atoms with Gasteiger partial charge in [0, 0.05) is 12.0 Å². The van der Waals surface area contributed by atoms with Crippen molar-refractivity contribution < 1.29 is 23.5 Å². The van der Waals surface area contributed by atoms with Gasteiger partial charge in [0.05, 0.1) is 20.8 Å². The quantitative estimate of drug-likeness (QED) is 0.585. The Kier molecular flexibility index (Phi) is 6.33. The molecule has 1 aromatic heterocycles. The summed E-state index contributed by atoms with van der Waals surface area (Å²) in [7, 11) is 2.83. The van der Waals surface area contributed by atoms with E-state index in [0.29, 0.717) is 29.8 Å². The molecule has 0 fully saturated rings. The zero-order valence-electron chi connectivity index (χ0n) is 14.2. The Balaban J connectivity index is 2.22. The Morgan fingerprint density at radius 2 is 2.00 bits per heavy atom. The van der Waals surface area contributed by atoms with Crippen LogP contribution in [0.15, 0.2) is 41.3 Å². The summed E-state index contributed by atoms with van der Waals surface area (Å²) in [4.78, 5) is 27.9. The summed E-state index contributed by atoms with van der Waals surface area (Å²) in [6, 6.07) is 7.02. The third-order valence-electron chi connectivity index (χ3n) is 3.42. The normalized spacial score (nSPS) is 10.2. The van der Waals surface area contributed by atoms with Crippen LogP contribution in [0.4, 0.5) is 0 Å². The van der Waals surface area contributed by atoms with Crippen molar-refractivity contribution in [2.75, 3.05) is 14.2 Å². The fourth-order valence-corrected chi connectivity index (χ4v) is 2.11. The molecule has 0 radical (unpaired) electrons. The Morgan fingerprint density at radius 1 is 1.28 bits per heavy atom. The maximum Gasteiger partial charge on any atom is 0.376 e. The first-order chi connectivity index (χ1) is 12.1. The molecule has 1 amide bonds. The number of hydrogen-bond acceptors (Lipinski definition) is 6. The minimum Gasteiger partial charge on any atom is -0.497 e. The number of amides is 1. The number of allylic oxidation sites excluding steroid dienone is 1. The number of nitrogens with zero attached hydrogens (tertiary/aromatic N) is 1. The van der Waals surface area contributed by atoms with Crippen LogP contribution in [0.25, 0.3) is 11.3 Å². The molecule has 0 saturated heterocycles. The molecule has 0 aliphatic heterocycles. The second-order valence-corrected chi connectivity index (χ2v) is 5.11. The van der Waals surface area contributed by atoms with Gasteiger partial charge >= 0.3 is 5.97 Å². The number of hydrogen-bond donors (Lipinski definition) is 1. The van der Waals surface area contributed by atoms with Crippen molar-refractivity contribution in [3.8, 4) is 17.0 Å². The van der Waals surface area contributed by atoms with E-state index in [2.05, 4.69) is 16.9 Å². The van der Waals surface area contributed by atoms with Crippen LogP contribution in [-0.4, -0.2) is 31.1 Å². The maximum atomic E-state index is 11.9. The molecule has 0 aliphatic rings. The molecule has 1 aromatic carbocycles. The molecule has 2 rings (SSSR count). The first kappa shape index (κ1) is 18.3. The lowest BCUT2D eigenvalue weighted by atomic mass is 10.1. The van der Waals surface area contributed by atoms with Gasteiger partial charge in [-0.05, 0) is 30.7 Å². The number of ether oxygens (including phenoxy) is 2. The van der Waals surface area contributed by atoms with Crippen LogP contribution in [0.3, 0.4) is 0 Å². The predicted molar refractivity (Wildman–Crippen MR) is 91.1 cm³/mol. The van der Waals surface area contributed by atoms with Crippen LogP contribution in [-0.2, 0) is 16.1 Å². The van der Waals surface area contributed by atoms with Gasteiger partial charge in [-0.15, -0.1) is 6.58 Å². The largest absolute Gasteiger partial charge is 0.497 e. The molecule has 132 valence electrons. The van der Waals surface area contributed by atoms with Crippen molar-refractivity contribution in [3.63, 3.8) is 0 Å². The smallest absolute Gasteiger partial charge is 0.376 e. The number of carbonyl (C=O) groups is 2. The van der Waals surface area contributed by atoms with Crippen molar-refractivity contribution in [1.29, 1.82) is 0 Å². The molecule has 0 unspecified atom stereocenters. The highest BCUT2D eigenvalue weighted by molar-refractivity contribution is 5.93. The highest BCUT2D eigenvalue weighted by Crippen LogP contribution is 2.26. The van der Waals surface area contributed by atoms with Gasteiger partial charge in [0.15, 0.2) is 0 Å². The summed E-state index contributed by atoms with van der Waals surface area (Å²) < 4.78 is 15.3. The van der Waals surface area contributed by atoms with Crippen LogP contribution in [0.5, 0.6) is 5.75 Å². The minimum absolute atomic E-state index is 0.0111. The lowest BCUT2D eigenvalue weighted by Crippen LogP contribution is -2.22. The molecule has 0 spiro atoms. The van der Waals surface area contributed by atoms with Gasteiger partial charge in [0.1, 0.15) is 11.4 Å². The molecule has 1 N–H and O–H groups in total. The highest BCUT2D eigenvalue weighted by atomic mass is 16.5. The van der Waals surface area contributed by atoms with Crippen molar-refractivity contribution in [3.05, 3.63) is 48.6 Å². The van der Waals surface area contributed by atoms with Gasteiger partial charge in [-0.3, -0.25) is 4.79 Å². The Labute approximate surface area is 145 Å². The number of benzene rings is 1. The first-order valence-corrected chi connectivity index (χ1v) is 7.69. The number of oxazole rings is 1. The molecular weight excluding hydrogens is 324 g/mol. The van der Waals surface area contributed by atoms with E-state index in [-0.39, 0.29) is 24.1 Å². The molecule has 0 atom stereocenters. The van der Waals surface area contributed by atoms with Gasteiger partial charge in [0.25, 0.3) is 0 Å². The lowest BCUT2D eigenvalue weighted by Gasteiger charge is -2.02. The maximum absolute atomic E-state index is 11.9. The fraction of sp³-hybridized carbons (Fsp3) is 0.278. The minimum atomic E-state index is -0.637. The van der Waals surface area contributed by atoms with Crippen molar-refractivity contribution >= 4 is 11.9 Å². The molecule has 0 aliphatic carbocycles. The first-order valence-electron chi connectivity index (χ1n) is 7.69. The van der Waals surface area contributed by atoms with Crippen molar-refractivity contribution in [1.82, 2.24) is 10.3 Å². The van der Waals surface area contributed by atoms with Gasteiger partial charge < -0.3 is 19.2 Å². The van der Waals surface area contributed by atoms with Crippen LogP contribution in [0, 0.1) is 0 Å².